The van der Waals surface area contributed by atoms with Gasteiger partial charge in [0, 0.05) is 16.7 Å². The van der Waals surface area contributed by atoms with Crippen molar-refractivity contribution in [1.82, 2.24) is 5.32 Å². The minimum Gasteiger partial charge on any atom is -0.399 e. The van der Waals surface area contributed by atoms with Crippen LogP contribution in [0, 0.1) is 0 Å². The van der Waals surface area contributed by atoms with Crippen LogP contribution in [0.4, 0.5) is 5.69 Å². The molecule has 1 amide bonds. The van der Waals surface area contributed by atoms with Crippen LogP contribution in [0.25, 0.3) is 0 Å². The van der Waals surface area contributed by atoms with Crippen LogP contribution in [0.5, 0.6) is 0 Å². The summed E-state index contributed by atoms with van der Waals surface area (Å²) in [5, 5.41) is 2.90. The Balaban J connectivity index is 1.85. The Bertz CT molecular complexity index is 561. The number of carbonyl (C=O) groups excluding carboxylic acids is 1. The van der Waals surface area contributed by atoms with Gasteiger partial charge in [-0.15, -0.1) is 11.3 Å². The number of nitrogens with two attached hydrogens (primary N) is 1. The van der Waals surface area contributed by atoms with E-state index in [0.717, 1.165) is 25.9 Å². The summed E-state index contributed by atoms with van der Waals surface area (Å²) in [5.41, 5.74) is 7.53. The lowest BCUT2D eigenvalue weighted by atomic mass is 10.1. The van der Waals surface area contributed by atoms with Gasteiger partial charge in [0.2, 0.25) is 0 Å². The number of amides is 1. The second kappa shape index (κ2) is 6.54. The van der Waals surface area contributed by atoms with Crippen LogP contribution in [0.2, 0.25) is 0 Å². The predicted molar refractivity (Wildman–Crippen MR) is 86.6 cm³/mol. The highest BCUT2D eigenvalue weighted by molar-refractivity contribution is 9.13. The van der Waals surface area contributed by atoms with Crippen LogP contribution in [0.3, 0.4) is 0 Å². The molecule has 6 heteroatoms. The van der Waals surface area contributed by atoms with E-state index in [4.69, 9.17) is 5.73 Å². The maximum Gasteiger partial charge on any atom is 0.261 e. The maximum absolute atomic E-state index is 11.9. The van der Waals surface area contributed by atoms with Gasteiger partial charge in [-0.3, -0.25) is 4.79 Å². The molecular weight excluding hydrogens is 392 g/mol. The third-order valence-corrected chi connectivity index (χ3v) is 5.80. The molecule has 0 unspecified atom stereocenters. The molecule has 2 aromatic rings. The molecule has 0 spiro atoms. The number of hydrogen-bond donors (Lipinski definition) is 2. The molecule has 0 fully saturated rings. The first-order valence-electron chi connectivity index (χ1n) is 5.63. The van der Waals surface area contributed by atoms with E-state index in [1.54, 1.807) is 0 Å². The van der Waals surface area contributed by atoms with Gasteiger partial charge in [-0.25, -0.2) is 0 Å². The second-order valence-electron chi connectivity index (χ2n) is 3.98. The molecule has 0 saturated heterocycles. The minimum absolute atomic E-state index is 0.0492. The fraction of sp³-hybridized carbons (Fsp3) is 0.154. The fourth-order valence-electron chi connectivity index (χ4n) is 1.55. The predicted octanol–water partition coefficient (Wildman–Crippen LogP) is 3.83. The molecule has 0 radical (unpaired) electrons. The number of benzene rings is 1. The highest BCUT2D eigenvalue weighted by Gasteiger charge is 2.11. The van der Waals surface area contributed by atoms with Crippen LogP contribution in [-0.4, -0.2) is 12.5 Å². The Morgan fingerprint density at radius 1 is 1.26 bits per heavy atom. The Kier molecular flexibility index (Phi) is 5.01. The molecule has 0 saturated carbocycles. The van der Waals surface area contributed by atoms with Crippen molar-refractivity contribution >= 4 is 54.8 Å². The largest absolute Gasteiger partial charge is 0.399 e. The maximum atomic E-state index is 11.9. The van der Waals surface area contributed by atoms with Gasteiger partial charge in [0.15, 0.2) is 0 Å². The Labute approximate surface area is 132 Å². The van der Waals surface area contributed by atoms with Gasteiger partial charge in [0.25, 0.3) is 5.91 Å². The van der Waals surface area contributed by atoms with Gasteiger partial charge >= 0.3 is 0 Å². The molecule has 0 aliphatic carbocycles. The number of rotatable bonds is 4. The number of thiophene rings is 1. The van der Waals surface area contributed by atoms with Gasteiger partial charge in [-0.2, -0.15) is 0 Å². The average molecular weight is 404 g/mol. The molecule has 0 bridgehead atoms. The van der Waals surface area contributed by atoms with E-state index >= 15 is 0 Å². The highest BCUT2D eigenvalue weighted by atomic mass is 79.9. The number of nitrogen functional groups attached to an aromatic ring is 1. The molecule has 100 valence electrons. The van der Waals surface area contributed by atoms with Crippen molar-refractivity contribution in [3.05, 3.63) is 49.0 Å². The summed E-state index contributed by atoms with van der Waals surface area (Å²) >= 11 is 8.16. The molecule has 0 aliphatic heterocycles. The van der Waals surface area contributed by atoms with E-state index in [1.807, 2.05) is 30.3 Å². The molecular formula is C13H12Br2N2OS. The van der Waals surface area contributed by atoms with E-state index in [2.05, 4.69) is 37.2 Å². The van der Waals surface area contributed by atoms with Crippen molar-refractivity contribution < 1.29 is 4.79 Å². The van der Waals surface area contributed by atoms with Crippen molar-refractivity contribution in [1.29, 1.82) is 0 Å². The molecule has 19 heavy (non-hydrogen) atoms. The van der Waals surface area contributed by atoms with Crippen LogP contribution < -0.4 is 11.1 Å². The van der Waals surface area contributed by atoms with E-state index in [-0.39, 0.29) is 5.91 Å². The summed E-state index contributed by atoms with van der Waals surface area (Å²) in [5.74, 6) is -0.0492. The molecule has 0 atom stereocenters. The van der Waals surface area contributed by atoms with Crippen LogP contribution in [0.1, 0.15) is 15.2 Å². The fourth-order valence-corrected chi connectivity index (χ4v) is 3.50. The van der Waals surface area contributed by atoms with Crippen molar-refractivity contribution in [3.63, 3.8) is 0 Å². The zero-order valence-electron chi connectivity index (χ0n) is 9.95. The van der Waals surface area contributed by atoms with Gasteiger partial charge < -0.3 is 11.1 Å². The lowest BCUT2D eigenvalue weighted by molar-refractivity contribution is 0.0958. The Morgan fingerprint density at radius 3 is 2.53 bits per heavy atom. The molecule has 0 aliphatic rings. The van der Waals surface area contributed by atoms with Crippen molar-refractivity contribution in [2.45, 2.75) is 6.42 Å². The van der Waals surface area contributed by atoms with Crippen molar-refractivity contribution in [2.24, 2.45) is 0 Å². The zero-order chi connectivity index (χ0) is 13.8. The highest BCUT2D eigenvalue weighted by Crippen LogP contribution is 2.32. The van der Waals surface area contributed by atoms with E-state index < -0.39 is 0 Å². The Hall–Kier alpha value is -0.850. The summed E-state index contributed by atoms with van der Waals surface area (Å²) in [6.45, 7) is 0.607. The monoisotopic (exact) mass is 402 g/mol. The lowest BCUT2D eigenvalue weighted by Crippen LogP contribution is -2.24. The average Bonchev–Trinajstić information content (AvgIpc) is 2.72. The topological polar surface area (TPSA) is 55.1 Å². The number of hydrogen-bond acceptors (Lipinski definition) is 3. The third-order valence-electron chi connectivity index (χ3n) is 2.55. The lowest BCUT2D eigenvalue weighted by Gasteiger charge is -2.04. The summed E-state index contributed by atoms with van der Waals surface area (Å²) in [6, 6.07) is 9.49. The molecule has 3 nitrogen and oxygen atoms in total. The second-order valence-corrected chi connectivity index (χ2v) is 7.20. The molecule has 2 rings (SSSR count). The van der Waals surface area contributed by atoms with Gasteiger partial charge in [-0.05, 0) is 62.0 Å². The first-order valence-corrected chi connectivity index (χ1v) is 8.04. The van der Waals surface area contributed by atoms with E-state index in [0.29, 0.717) is 11.4 Å². The third kappa shape index (κ3) is 4.06. The van der Waals surface area contributed by atoms with Crippen LogP contribution in [-0.2, 0) is 6.42 Å². The summed E-state index contributed by atoms with van der Waals surface area (Å²) in [7, 11) is 0. The zero-order valence-corrected chi connectivity index (χ0v) is 13.9. The number of nitrogens with one attached hydrogen (secondary N) is 1. The first-order chi connectivity index (χ1) is 9.06. The molecule has 1 aromatic heterocycles. The molecule has 3 N–H and O–H groups in total. The van der Waals surface area contributed by atoms with Gasteiger partial charge in [0.05, 0.1) is 8.66 Å². The molecule has 1 aromatic carbocycles. The van der Waals surface area contributed by atoms with Crippen molar-refractivity contribution in [3.8, 4) is 0 Å². The summed E-state index contributed by atoms with van der Waals surface area (Å²) in [4.78, 5) is 12.6. The summed E-state index contributed by atoms with van der Waals surface area (Å²) < 4.78 is 1.83. The smallest absolute Gasteiger partial charge is 0.261 e. The standard InChI is InChI=1S/C13H12Br2N2OS/c14-10-7-11(19-12(10)15)13(18)17-6-5-8-1-3-9(16)4-2-8/h1-4,7H,5-6,16H2,(H,17,18). The quantitative estimate of drug-likeness (QED) is 0.762. The molecule has 1 heterocycles. The minimum atomic E-state index is -0.0492. The van der Waals surface area contributed by atoms with E-state index in [1.165, 1.54) is 11.3 Å². The van der Waals surface area contributed by atoms with Crippen LogP contribution in [0.15, 0.2) is 38.6 Å². The van der Waals surface area contributed by atoms with E-state index in [9.17, 15) is 4.79 Å². The SMILES string of the molecule is Nc1ccc(CCNC(=O)c2cc(Br)c(Br)s2)cc1. The number of carbonyl (C=O) groups is 1. The Morgan fingerprint density at radius 2 is 1.95 bits per heavy atom. The van der Waals surface area contributed by atoms with Gasteiger partial charge in [-0.1, -0.05) is 12.1 Å². The number of halogens is 2. The first kappa shape index (κ1) is 14.6. The summed E-state index contributed by atoms with van der Waals surface area (Å²) in [6.07, 6.45) is 0.791. The van der Waals surface area contributed by atoms with Crippen LogP contribution >= 0.6 is 43.2 Å². The van der Waals surface area contributed by atoms with Crippen molar-refractivity contribution in [2.75, 3.05) is 12.3 Å². The number of anilines is 1. The van der Waals surface area contributed by atoms with Gasteiger partial charge in [0.1, 0.15) is 0 Å². The normalized spacial score (nSPS) is 10.4.